The third kappa shape index (κ3) is 3.56. The number of hydrogen-bond donors (Lipinski definition) is 2. The fraction of sp³-hybridized carbons (Fsp3) is 0.667. The van der Waals surface area contributed by atoms with Crippen LogP contribution < -0.4 is 15.8 Å². The number of aromatic nitrogens is 2. The maximum Gasteiger partial charge on any atom is 0.218 e. The lowest BCUT2D eigenvalue weighted by Gasteiger charge is -2.26. The topological polar surface area (TPSA) is 73.1 Å². The van der Waals surface area contributed by atoms with Gasteiger partial charge in [0.2, 0.25) is 5.88 Å². The molecule has 0 amide bonds. The highest BCUT2D eigenvalue weighted by atomic mass is 16.5. The van der Waals surface area contributed by atoms with E-state index in [1.807, 2.05) is 6.07 Å². The smallest absolute Gasteiger partial charge is 0.218 e. The Kier molecular flexibility index (Phi) is 4.14. The van der Waals surface area contributed by atoms with Crippen molar-refractivity contribution in [3.8, 4) is 5.88 Å². The minimum absolute atomic E-state index is 0.408. The van der Waals surface area contributed by atoms with Crippen molar-refractivity contribution in [1.29, 1.82) is 0 Å². The van der Waals surface area contributed by atoms with Crippen LogP contribution in [-0.4, -0.2) is 29.7 Å². The summed E-state index contributed by atoms with van der Waals surface area (Å²) in [5.41, 5.74) is 5.88. The lowest BCUT2D eigenvalue weighted by Crippen LogP contribution is -2.29. The van der Waals surface area contributed by atoms with E-state index in [0.717, 1.165) is 25.2 Å². The van der Waals surface area contributed by atoms with E-state index in [2.05, 4.69) is 15.3 Å². The molecule has 3 N–H and O–H groups in total. The van der Waals surface area contributed by atoms with Crippen LogP contribution in [0.1, 0.15) is 25.7 Å². The molecule has 1 fully saturated rings. The normalized spacial score (nSPS) is 24.4. The van der Waals surface area contributed by atoms with Gasteiger partial charge in [-0.15, -0.1) is 0 Å². The monoisotopic (exact) mass is 236 g/mol. The average molecular weight is 236 g/mol. The summed E-state index contributed by atoms with van der Waals surface area (Å²) in [5, 5.41) is 3.33. The van der Waals surface area contributed by atoms with Gasteiger partial charge in [-0.3, -0.25) is 0 Å². The van der Waals surface area contributed by atoms with Crippen molar-refractivity contribution in [2.45, 2.75) is 31.7 Å². The highest BCUT2D eigenvalue weighted by molar-refractivity contribution is 5.36. The van der Waals surface area contributed by atoms with E-state index in [-0.39, 0.29) is 0 Å². The number of ether oxygens (including phenoxy) is 1. The van der Waals surface area contributed by atoms with E-state index in [1.54, 1.807) is 7.11 Å². The van der Waals surface area contributed by atoms with Crippen molar-refractivity contribution < 1.29 is 4.74 Å². The first-order chi connectivity index (χ1) is 8.28. The van der Waals surface area contributed by atoms with Crippen molar-refractivity contribution in [2.75, 3.05) is 19.0 Å². The van der Waals surface area contributed by atoms with Crippen LogP contribution in [0.2, 0.25) is 0 Å². The lowest BCUT2D eigenvalue weighted by molar-refractivity contribution is 0.338. The lowest BCUT2D eigenvalue weighted by atomic mass is 9.86. The van der Waals surface area contributed by atoms with Gasteiger partial charge in [0, 0.05) is 18.7 Å². The average Bonchev–Trinajstić information content (AvgIpc) is 2.38. The molecule has 1 aliphatic carbocycles. The number of nitrogens with zero attached hydrogens (tertiary/aromatic N) is 2. The van der Waals surface area contributed by atoms with Crippen molar-refractivity contribution >= 4 is 5.82 Å². The maximum atomic E-state index is 5.88. The molecule has 17 heavy (non-hydrogen) atoms. The first-order valence-electron chi connectivity index (χ1n) is 6.13. The number of anilines is 1. The number of nitrogens with two attached hydrogens (primary N) is 1. The number of rotatable bonds is 4. The number of methoxy groups -OCH3 is 1. The Hall–Kier alpha value is -1.36. The molecule has 1 heterocycles. The molecule has 5 heteroatoms. The second kappa shape index (κ2) is 5.82. The Balaban J connectivity index is 1.81. The fourth-order valence-corrected chi connectivity index (χ4v) is 2.19. The van der Waals surface area contributed by atoms with Gasteiger partial charge in [-0.1, -0.05) is 0 Å². The minimum atomic E-state index is 0.408. The second-order valence-electron chi connectivity index (χ2n) is 4.61. The van der Waals surface area contributed by atoms with Crippen molar-refractivity contribution in [1.82, 2.24) is 9.97 Å². The first kappa shape index (κ1) is 12.1. The van der Waals surface area contributed by atoms with Crippen LogP contribution in [0.4, 0.5) is 5.82 Å². The van der Waals surface area contributed by atoms with E-state index in [4.69, 9.17) is 10.5 Å². The Labute approximate surface area is 102 Å². The minimum Gasteiger partial charge on any atom is -0.481 e. The van der Waals surface area contributed by atoms with Crippen LogP contribution in [-0.2, 0) is 0 Å². The third-order valence-corrected chi connectivity index (χ3v) is 3.31. The maximum absolute atomic E-state index is 5.88. The number of hydrogen-bond acceptors (Lipinski definition) is 5. The quantitative estimate of drug-likeness (QED) is 0.827. The van der Waals surface area contributed by atoms with Crippen LogP contribution in [0.5, 0.6) is 5.88 Å². The van der Waals surface area contributed by atoms with Crippen LogP contribution in [0.15, 0.2) is 12.4 Å². The molecule has 0 unspecified atom stereocenters. The molecule has 1 aromatic heterocycles. The molecule has 0 bridgehead atoms. The van der Waals surface area contributed by atoms with Gasteiger partial charge < -0.3 is 15.8 Å². The standard InChI is InChI=1S/C12H20N4O/c1-17-12-6-11(15-8-16-12)14-7-9-2-4-10(13)5-3-9/h6,8-10H,2-5,7,13H2,1H3,(H,14,15,16). The van der Waals surface area contributed by atoms with Gasteiger partial charge in [-0.05, 0) is 31.6 Å². The van der Waals surface area contributed by atoms with Gasteiger partial charge in [0.1, 0.15) is 12.1 Å². The molecule has 1 saturated carbocycles. The van der Waals surface area contributed by atoms with Crippen molar-refractivity contribution in [2.24, 2.45) is 11.7 Å². The van der Waals surface area contributed by atoms with Gasteiger partial charge in [0.15, 0.2) is 0 Å². The van der Waals surface area contributed by atoms with Gasteiger partial charge in [0.05, 0.1) is 7.11 Å². The Bertz CT molecular complexity index is 350. The highest BCUT2D eigenvalue weighted by Gasteiger charge is 2.18. The van der Waals surface area contributed by atoms with E-state index in [0.29, 0.717) is 17.8 Å². The van der Waals surface area contributed by atoms with Crippen LogP contribution in [0.3, 0.4) is 0 Å². The summed E-state index contributed by atoms with van der Waals surface area (Å²) in [6, 6.07) is 2.22. The molecular formula is C12H20N4O. The summed E-state index contributed by atoms with van der Waals surface area (Å²) in [4.78, 5) is 8.13. The molecule has 2 rings (SSSR count). The predicted molar refractivity (Wildman–Crippen MR) is 67.0 cm³/mol. The van der Waals surface area contributed by atoms with Crippen molar-refractivity contribution in [3.05, 3.63) is 12.4 Å². The summed E-state index contributed by atoms with van der Waals surface area (Å²) in [6.45, 7) is 0.951. The van der Waals surface area contributed by atoms with E-state index >= 15 is 0 Å². The Morgan fingerprint density at radius 1 is 1.35 bits per heavy atom. The van der Waals surface area contributed by atoms with Gasteiger partial charge in [-0.25, -0.2) is 9.97 Å². The summed E-state index contributed by atoms with van der Waals surface area (Å²) in [7, 11) is 1.61. The summed E-state index contributed by atoms with van der Waals surface area (Å²) in [5.74, 6) is 2.12. The molecular weight excluding hydrogens is 216 g/mol. The molecule has 0 atom stereocenters. The van der Waals surface area contributed by atoms with Gasteiger partial charge >= 0.3 is 0 Å². The molecule has 0 saturated heterocycles. The van der Waals surface area contributed by atoms with E-state index < -0.39 is 0 Å². The highest BCUT2D eigenvalue weighted by Crippen LogP contribution is 2.23. The number of nitrogens with one attached hydrogen (secondary N) is 1. The predicted octanol–water partition coefficient (Wildman–Crippen LogP) is 1.41. The van der Waals surface area contributed by atoms with Crippen LogP contribution >= 0.6 is 0 Å². The zero-order valence-corrected chi connectivity index (χ0v) is 10.2. The Morgan fingerprint density at radius 3 is 2.82 bits per heavy atom. The summed E-state index contributed by atoms with van der Waals surface area (Å²) in [6.07, 6.45) is 6.20. The van der Waals surface area contributed by atoms with E-state index in [1.165, 1.54) is 19.2 Å². The Morgan fingerprint density at radius 2 is 2.12 bits per heavy atom. The third-order valence-electron chi connectivity index (χ3n) is 3.31. The molecule has 0 spiro atoms. The molecule has 0 radical (unpaired) electrons. The fourth-order valence-electron chi connectivity index (χ4n) is 2.19. The van der Waals surface area contributed by atoms with Crippen LogP contribution in [0.25, 0.3) is 0 Å². The molecule has 5 nitrogen and oxygen atoms in total. The van der Waals surface area contributed by atoms with Gasteiger partial charge in [0.25, 0.3) is 0 Å². The molecule has 94 valence electrons. The largest absolute Gasteiger partial charge is 0.481 e. The second-order valence-corrected chi connectivity index (χ2v) is 4.61. The first-order valence-corrected chi connectivity index (χ1v) is 6.13. The zero-order valence-electron chi connectivity index (χ0n) is 10.2. The molecule has 1 aromatic rings. The SMILES string of the molecule is COc1cc(NCC2CCC(N)CC2)ncn1. The van der Waals surface area contributed by atoms with Crippen LogP contribution in [0, 0.1) is 5.92 Å². The van der Waals surface area contributed by atoms with Crippen molar-refractivity contribution in [3.63, 3.8) is 0 Å². The molecule has 0 aliphatic heterocycles. The zero-order chi connectivity index (χ0) is 12.1. The summed E-state index contributed by atoms with van der Waals surface area (Å²) < 4.78 is 5.05. The molecule has 1 aliphatic rings. The van der Waals surface area contributed by atoms with Gasteiger partial charge in [-0.2, -0.15) is 0 Å². The molecule has 0 aromatic carbocycles. The summed E-state index contributed by atoms with van der Waals surface area (Å²) >= 11 is 0. The van der Waals surface area contributed by atoms with E-state index in [9.17, 15) is 0 Å².